The van der Waals surface area contributed by atoms with Gasteiger partial charge in [-0.05, 0) is 42.9 Å². The minimum atomic E-state index is -0.588. The topological polar surface area (TPSA) is 46.2 Å². The van der Waals surface area contributed by atoms with Crippen LogP contribution in [-0.2, 0) is 18.4 Å². The fourth-order valence-corrected chi connectivity index (χ4v) is 2.24. The summed E-state index contributed by atoms with van der Waals surface area (Å²) in [5.41, 5.74) is 9.37. The Labute approximate surface area is 84.7 Å². The lowest BCUT2D eigenvalue weighted by atomic mass is 9.88. The maximum atomic E-state index is 9.25. The third kappa shape index (κ3) is 1.45. The summed E-state index contributed by atoms with van der Waals surface area (Å²) >= 11 is 0. The first-order valence-electron chi connectivity index (χ1n) is 5.16. The van der Waals surface area contributed by atoms with E-state index in [0.717, 1.165) is 18.4 Å². The Morgan fingerprint density at radius 1 is 1.43 bits per heavy atom. The van der Waals surface area contributed by atoms with Crippen LogP contribution in [0.5, 0.6) is 0 Å². The molecule has 2 heteroatoms. The fraction of sp³-hybridized carbons (Fsp3) is 0.500. The number of benzene rings is 1. The standard InChI is InChI=1S/C12H17NO/c1-12(13,8-14)11-7-3-5-9-4-2-6-10(9)11/h3,5,7,14H,2,4,6,8,13H2,1H3. The van der Waals surface area contributed by atoms with E-state index in [2.05, 4.69) is 6.07 Å². The zero-order chi connectivity index (χ0) is 10.2. The highest BCUT2D eigenvalue weighted by atomic mass is 16.3. The molecular formula is C12H17NO. The molecule has 0 aromatic heterocycles. The summed E-state index contributed by atoms with van der Waals surface area (Å²) in [7, 11) is 0. The van der Waals surface area contributed by atoms with Gasteiger partial charge in [0.2, 0.25) is 0 Å². The lowest BCUT2D eigenvalue weighted by Crippen LogP contribution is -2.37. The zero-order valence-corrected chi connectivity index (χ0v) is 8.59. The Morgan fingerprint density at radius 2 is 2.21 bits per heavy atom. The molecule has 76 valence electrons. The summed E-state index contributed by atoms with van der Waals surface area (Å²) in [5.74, 6) is 0. The molecule has 2 rings (SSSR count). The third-order valence-corrected chi connectivity index (χ3v) is 3.09. The number of fused-ring (bicyclic) bond motifs is 1. The van der Waals surface area contributed by atoms with E-state index in [4.69, 9.17) is 5.73 Å². The first-order valence-corrected chi connectivity index (χ1v) is 5.16. The van der Waals surface area contributed by atoms with Gasteiger partial charge in [0, 0.05) is 0 Å². The summed E-state index contributed by atoms with van der Waals surface area (Å²) in [6.45, 7) is 1.89. The van der Waals surface area contributed by atoms with Crippen LogP contribution in [0.25, 0.3) is 0 Å². The van der Waals surface area contributed by atoms with Crippen LogP contribution in [0.2, 0.25) is 0 Å². The van der Waals surface area contributed by atoms with Crippen LogP contribution >= 0.6 is 0 Å². The predicted molar refractivity (Wildman–Crippen MR) is 57.1 cm³/mol. The molecule has 0 fully saturated rings. The van der Waals surface area contributed by atoms with Gasteiger partial charge >= 0.3 is 0 Å². The highest BCUT2D eigenvalue weighted by molar-refractivity contribution is 5.42. The van der Waals surface area contributed by atoms with Crippen molar-refractivity contribution in [2.45, 2.75) is 31.7 Å². The van der Waals surface area contributed by atoms with Gasteiger partial charge in [-0.15, -0.1) is 0 Å². The average Bonchev–Trinajstić information content (AvgIpc) is 2.64. The van der Waals surface area contributed by atoms with Gasteiger partial charge in [0.15, 0.2) is 0 Å². The van der Waals surface area contributed by atoms with Crippen molar-refractivity contribution in [1.82, 2.24) is 0 Å². The van der Waals surface area contributed by atoms with Crippen LogP contribution in [0.15, 0.2) is 18.2 Å². The molecule has 0 spiro atoms. The lowest BCUT2D eigenvalue weighted by molar-refractivity contribution is 0.209. The van der Waals surface area contributed by atoms with E-state index in [1.807, 2.05) is 19.1 Å². The first-order chi connectivity index (χ1) is 6.65. The predicted octanol–water partition coefficient (Wildman–Crippen LogP) is 1.34. The van der Waals surface area contributed by atoms with E-state index in [0.29, 0.717) is 0 Å². The molecule has 1 aromatic carbocycles. The Balaban J connectivity index is 2.49. The second-order valence-corrected chi connectivity index (χ2v) is 4.37. The summed E-state index contributed by atoms with van der Waals surface area (Å²) in [4.78, 5) is 0. The molecule has 0 bridgehead atoms. The number of hydrogen-bond donors (Lipinski definition) is 2. The summed E-state index contributed by atoms with van der Waals surface area (Å²) in [6.07, 6.45) is 3.48. The molecule has 1 aliphatic rings. The normalized spacial score (nSPS) is 19.1. The van der Waals surface area contributed by atoms with Crippen LogP contribution in [0.4, 0.5) is 0 Å². The molecule has 1 aliphatic carbocycles. The van der Waals surface area contributed by atoms with Crippen LogP contribution < -0.4 is 5.73 Å². The SMILES string of the molecule is CC(N)(CO)c1cccc2c1CCC2. The van der Waals surface area contributed by atoms with E-state index in [9.17, 15) is 5.11 Å². The van der Waals surface area contributed by atoms with Crippen molar-refractivity contribution in [2.24, 2.45) is 5.73 Å². The van der Waals surface area contributed by atoms with Crippen molar-refractivity contribution in [1.29, 1.82) is 0 Å². The monoisotopic (exact) mass is 191 g/mol. The van der Waals surface area contributed by atoms with Crippen molar-refractivity contribution in [3.8, 4) is 0 Å². The molecule has 0 heterocycles. The number of nitrogens with two attached hydrogens (primary N) is 1. The number of hydrogen-bond acceptors (Lipinski definition) is 2. The van der Waals surface area contributed by atoms with Gasteiger partial charge in [0.05, 0.1) is 12.1 Å². The quantitative estimate of drug-likeness (QED) is 0.741. The number of rotatable bonds is 2. The third-order valence-electron chi connectivity index (χ3n) is 3.09. The zero-order valence-electron chi connectivity index (χ0n) is 8.59. The Morgan fingerprint density at radius 3 is 2.93 bits per heavy atom. The Kier molecular flexibility index (Phi) is 2.33. The maximum Gasteiger partial charge on any atom is 0.0650 e. The second-order valence-electron chi connectivity index (χ2n) is 4.37. The van der Waals surface area contributed by atoms with Crippen LogP contribution in [0.3, 0.4) is 0 Å². The Hall–Kier alpha value is -0.860. The molecule has 3 N–H and O–H groups in total. The van der Waals surface area contributed by atoms with Gasteiger partial charge < -0.3 is 10.8 Å². The number of aliphatic hydroxyl groups is 1. The molecular weight excluding hydrogens is 174 g/mol. The highest BCUT2D eigenvalue weighted by Gasteiger charge is 2.26. The molecule has 1 aromatic rings. The van der Waals surface area contributed by atoms with Gasteiger partial charge in [0.1, 0.15) is 0 Å². The van der Waals surface area contributed by atoms with Crippen molar-refractivity contribution in [3.05, 3.63) is 34.9 Å². The van der Waals surface area contributed by atoms with Gasteiger partial charge in [-0.1, -0.05) is 18.2 Å². The smallest absolute Gasteiger partial charge is 0.0650 e. The van der Waals surface area contributed by atoms with E-state index < -0.39 is 5.54 Å². The van der Waals surface area contributed by atoms with E-state index in [1.54, 1.807) is 0 Å². The van der Waals surface area contributed by atoms with Crippen LogP contribution in [0.1, 0.15) is 30.0 Å². The summed E-state index contributed by atoms with van der Waals surface area (Å²) in [5, 5.41) is 9.25. The average molecular weight is 191 g/mol. The largest absolute Gasteiger partial charge is 0.394 e. The Bertz CT molecular complexity index is 344. The molecule has 0 amide bonds. The van der Waals surface area contributed by atoms with Crippen molar-refractivity contribution < 1.29 is 5.11 Å². The van der Waals surface area contributed by atoms with Crippen molar-refractivity contribution >= 4 is 0 Å². The van der Waals surface area contributed by atoms with Crippen LogP contribution in [0, 0.1) is 0 Å². The fourth-order valence-electron chi connectivity index (χ4n) is 2.24. The molecule has 0 saturated carbocycles. The van der Waals surface area contributed by atoms with E-state index >= 15 is 0 Å². The van der Waals surface area contributed by atoms with Gasteiger partial charge in [-0.3, -0.25) is 0 Å². The maximum absolute atomic E-state index is 9.25. The van der Waals surface area contributed by atoms with Gasteiger partial charge in [0.25, 0.3) is 0 Å². The molecule has 1 unspecified atom stereocenters. The summed E-state index contributed by atoms with van der Waals surface area (Å²) in [6, 6.07) is 6.25. The molecule has 0 saturated heterocycles. The molecule has 2 nitrogen and oxygen atoms in total. The summed E-state index contributed by atoms with van der Waals surface area (Å²) < 4.78 is 0. The number of aryl methyl sites for hydroxylation is 1. The van der Waals surface area contributed by atoms with Gasteiger partial charge in [-0.25, -0.2) is 0 Å². The minimum Gasteiger partial charge on any atom is -0.394 e. The lowest BCUT2D eigenvalue weighted by Gasteiger charge is -2.25. The molecule has 0 radical (unpaired) electrons. The van der Waals surface area contributed by atoms with Crippen molar-refractivity contribution in [3.63, 3.8) is 0 Å². The van der Waals surface area contributed by atoms with E-state index in [1.165, 1.54) is 17.5 Å². The minimum absolute atomic E-state index is 0.00343. The molecule has 0 aliphatic heterocycles. The number of aliphatic hydroxyl groups excluding tert-OH is 1. The van der Waals surface area contributed by atoms with Gasteiger partial charge in [-0.2, -0.15) is 0 Å². The van der Waals surface area contributed by atoms with Crippen molar-refractivity contribution in [2.75, 3.05) is 6.61 Å². The first kappa shape index (κ1) is 9.69. The second kappa shape index (κ2) is 3.37. The molecule has 14 heavy (non-hydrogen) atoms. The van der Waals surface area contributed by atoms with E-state index in [-0.39, 0.29) is 6.61 Å². The highest BCUT2D eigenvalue weighted by Crippen LogP contribution is 2.30. The molecule has 1 atom stereocenters. The van der Waals surface area contributed by atoms with Crippen LogP contribution in [-0.4, -0.2) is 11.7 Å².